The number of nitrogens with two attached hydrogens (primary N) is 1. The summed E-state index contributed by atoms with van der Waals surface area (Å²) in [6, 6.07) is 10.5. The van der Waals surface area contributed by atoms with Gasteiger partial charge < -0.3 is 25.3 Å². The number of guanidine groups is 1. The van der Waals surface area contributed by atoms with Crippen LogP contribution in [0.25, 0.3) is 0 Å². The third kappa shape index (κ3) is 4.28. The number of ether oxygens (including phenoxy) is 3. The first-order valence-corrected chi connectivity index (χ1v) is 7.52. The Hall–Kier alpha value is -3.03. The second-order valence-corrected chi connectivity index (χ2v) is 5.38. The number of hydrogen-bond acceptors (Lipinski definition) is 4. The molecule has 1 heterocycles. The van der Waals surface area contributed by atoms with Crippen LogP contribution < -0.4 is 25.3 Å². The highest BCUT2D eigenvalue weighted by molar-refractivity contribution is 5.92. The van der Waals surface area contributed by atoms with Crippen LogP contribution in [0.4, 0.5) is 14.5 Å². The van der Waals surface area contributed by atoms with Gasteiger partial charge in [0.25, 0.3) is 0 Å². The molecule has 0 bridgehead atoms. The van der Waals surface area contributed by atoms with Crippen LogP contribution in [-0.2, 0) is 6.54 Å². The van der Waals surface area contributed by atoms with Crippen LogP contribution in [-0.4, -0.2) is 19.4 Å². The summed E-state index contributed by atoms with van der Waals surface area (Å²) in [6.45, 7) is -0.895. The van der Waals surface area contributed by atoms with Gasteiger partial charge in [-0.15, -0.1) is 0 Å². The zero-order valence-electron chi connectivity index (χ0n) is 13.5. The number of anilines is 1. The molecule has 0 aromatic heterocycles. The van der Waals surface area contributed by atoms with E-state index in [1.165, 1.54) is 6.07 Å². The molecule has 0 unspecified atom stereocenters. The molecular weight excluding hydrogens is 332 g/mol. The van der Waals surface area contributed by atoms with E-state index in [0.29, 0.717) is 17.1 Å². The first kappa shape index (κ1) is 16.8. The van der Waals surface area contributed by atoms with Gasteiger partial charge in [0, 0.05) is 17.3 Å². The topological polar surface area (TPSA) is 78.1 Å². The van der Waals surface area contributed by atoms with Crippen LogP contribution in [0.1, 0.15) is 11.1 Å². The van der Waals surface area contributed by atoms with Crippen molar-refractivity contribution >= 4 is 11.6 Å². The lowest BCUT2D eigenvalue weighted by Crippen LogP contribution is -2.22. The van der Waals surface area contributed by atoms with Gasteiger partial charge >= 0.3 is 6.61 Å². The zero-order chi connectivity index (χ0) is 17.8. The van der Waals surface area contributed by atoms with Gasteiger partial charge in [0.2, 0.25) is 6.79 Å². The third-order valence-corrected chi connectivity index (χ3v) is 3.52. The van der Waals surface area contributed by atoms with Crippen LogP contribution in [0.3, 0.4) is 0 Å². The molecule has 1 aliphatic heterocycles. The Labute approximate surface area is 143 Å². The van der Waals surface area contributed by atoms with Crippen molar-refractivity contribution in [3.05, 3.63) is 47.5 Å². The fourth-order valence-corrected chi connectivity index (χ4v) is 2.29. The van der Waals surface area contributed by atoms with Crippen molar-refractivity contribution in [3.8, 4) is 17.2 Å². The number of aliphatic imine (C=N–C) groups is 1. The average Bonchev–Trinajstić information content (AvgIpc) is 3.01. The lowest BCUT2D eigenvalue weighted by atomic mass is 10.1. The standard InChI is InChI=1S/C17H17F2N3O3/c1-10-2-4-12(5-3-10)22-17(20)21-8-11-6-14-15(24-9-23-14)7-13(11)25-16(18)19/h2-7,16H,8-9H2,1H3,(H3,20,21,22). The Bertz CT molecular complexity index is 779. The second kappa shape index (κ2) is 7.25. The third-order valence-electron chi connectivity index (χ3n) is 3.52. The number of nitrogens with one attached hydrogen (secondary N) is 1. The van der Waals surface area contributed by atoms with E-state index in [1.54, 1.807) is 6.07 Å². The van der Waals surface area contributed by atoms with E-state index < -0.39 is 6.61 Å². The Kier molecular flexibility index (Phi) is 4.87. The highest BCUT2D eigenvalue weighted by atomic mass is 19.3. The van der Waals surface area contributed by atoms with Crippen LogP contribution in [0.2, 0.25) is 0 Å². The van der Waals surface area contributed by atoms with Gasteiger partial charge in [-0.3, -0.25) is 0 Å². The van der Waals surface area contributed by atoms with Gasteiger partial charge in [-0.2, -0.15) is 8.78 Å². The molecule has 132 valence electrons. The van der Waals surface area contributed by atoms with E-state index in [9.17, 15) is 8.78 Å². The summed E-state index contributed by atoms with van der Waals surface area (Å²) in [6.07, 6.45) is 0. The van der Waals surface area contributed by atoms with Gasteiger partial charge in [0.1, 0.15) is 5.75 Å². The largest absolute Gasteiger partial charge is 0.454 e. The molecule has 0 fully saturated rings. The number of rotatable bonds is 5. The molecule has 8 heteroatoms. The fraction of sp³-hybridized carbons (Fsp3) is 0.235. The fourth-order valence-electron chi connectivity index (χ4n) is 2.29. The van der Waals surface area contributed by atoms with Crippen molar-refractivity contribution in [3.63, 3.8) is 0 Å². The summed E-state index contributed by atoms with van der Waals surface area (Å²) < 4.78 is 40.2. The van der Waals surface area contributed by atoms with Gasteiger partial charge in [0.15, 0.2) is 17.5 Å². The maximum Gasteiger partial charge on any atom is 0.387 e. The van der Waals surface area contributed by atoms with Gasteiger partial charge in [-0.25, -0.2) is 4.99 Å². The van der Waals surface area contributed by atoms with Crippen molar-refractivity contribution in [1.29, 1.82) is 0 Å². The van der Waals surface area contributed by atoms with E-state index in [2.05, 4.69) is 15.0 Å². The lowest BCUT2D eigenvalue weighted by molar-refractivity contribution is -0.0504. The molecule has 3 N–H and O–H groups in total. The molecule has 2 aromatic rings. The van der Waals surface area contributed by atoms with E-state index in [1.807, 2.05) is 31.2 Å². The van der Waals surface area contributed by atoms with E-state index in [-0.39, 0.29) is 25.0 Å². The number of hydrogen-bond donors (Lipinski definition) is 2. The summed E-state index contributed by atoms with van der Waals surface area (Å²) >= 11 is 0. The van der Waals surface area contributed by atoms with Crippen LogP contribution in [0, 0.1) is 6.92 Å². The maximum absolute atomic E-state index is 12.6. The van der Waals surface area contributed by atoms with Crippen molar-refractivity contribution in [2.75, 3.05) is 12.1 Å². The van der Waals surface area contributed by atoms with E-state index in [0.717, 1.165) is 11.3 Å². The molecule has 6 nitrogen and oxygen atoms in total. The van der Waals surface area contributed by atoms with Crippen molar-refractivity contribution in [2.45, 2.75) is 20.1 Å². The predicted molar refractivity (Wildman–Crippen MR) is 89.3 cm³/mol. The number of benzene rings is 2. The summed E-state index contributed by atoms with van der Waals surface area (Å²) in [5.74, 6) is 0.946. The SMILES string of the molecule is Cc1ccc(NC(N)=NCc2cc3c(cc2OC(F)F)OCO3)cc1. The molecule has 0 saturated carbocycles. The predicted octanol–water partition coefficient (Wildman–Crippen LogP) is 3.25. The molecule has 3 rings (SSSR count). The summed E-state index contributed by atoms with van der Waals surface area (Å²) in [5, 5.41) is 2.93. The molecule has 0 saturated heterocycles. The average molecular weight is 349 g/mol. The Morgan fingerprint density at radius 3 is 2.60 bits per heavy atom. The van der Waals surface area contributed by atoms with Gasteiger partial charge in [-0.05, 0) is 25.1 Å². The van der Waals surface area contributed by atoms with Gasteiger partial charge in [-0.1, -0.05) is 17.7 Å². The normalized spacial score (nSPS) is 13.2. The minimum absolute atomic E-state index is 0.0221. The lowest BCUT2D eigenvalue weighted by Gasteiger charge is -2.11. The first-order chi connectivity index (χ1) is 12.0. The van der Waals surface area contributed by atoms with Crippen molar-refractivity contribution in [1.82, 2.24) is 0 Å². The number of halogens is 2. The van der Waals surface area contributed by atoms with Crippen LogP contribution >= 0.6 is 0 Å². The molecule has 0 atom stereocenters. The number of nitrogens with zero attached hydrogens (tertiary/aromatic N) is 1. The highest BCUT2D eigenvalue weighted by Crippen LogP contribution is 2.39. The monoisotopic (exact) mass is 349 g/mol. The second-order valence-electron chi connectivity index (χ2n) is 5.38. The quantitative estimate of drug-likeness (QED) is 0.640. The molecule has 1 aliphatic rings. The Morgan fingerprint density at radius 2 is 1.92 bits per heavy atom. The minimum atomic E-state index is -2.95. The maximum atomic E-state index is 12.6. The Balaban J connectivity index is 1.75. The molecular formula is C17H17F2N3O3. The van der Waals surface area contributed by atoms with Crippen molar-refractivity contribution < 1.29 is 23.0 Å². The minimum Gasteiger partial charge on any atom is -0.454 e. The molecule has 25 heavy (non-hydrogen) atoms. The highest BCUT2D eigenvalue weighted by Gasteiger charge is 2.19. The van der Waals surface area contributed by atoms with E-state index in [4.69, 9.17) is 15.2 Å². The summed E-state index contributed by atoms with van der Waals surface area (Å²) in [4.78, 5) is 4.17. The Morgan fingerprint density at radius 1 is 1.24 bits per heavy atom. The van der Waals surface area contributed by atoms with Crippen LogP contribution in [0.5, 0.6) is 17.2 Å². The number of alkyl halides is 2. The van der Waals surface area contributed by atoms with Gasteiger partial charge in [0.05, 0.1) is 6.54 Å². The zero-order valence-corrected chi connectivity index (χ0v) is 13.5. The molecule has 2 aromatic carbocycles. The molecule has 0 aliphatic carbocycles. The summed E-state index contributed by atoms with van der Waals surface area (Å²) in [5.41, 5.74) is 8.16. The molecule has 0 radical (unpaired) electrons. The smallest absolute Gasteiger partial charge is 0.387 e. The molecule has 0 amide bonds. The van der Waals surface area contributed by atoms with Crippen LogP contribution in [0.15, 0.2) is 41.4 Å². The van der Waals surface area contributed by atoms with Crippen molar-refractivity contribution in [2.24, 2.45) is 10.7 Å². The number of aryl methyl sites for hydroxylation is 1. The first-order valence-electron chi connectivity index (χ1n) is 7.52. The summed E-state index contributed by atoms with van der Waals surface area (Å²) in [7, 11) is 0. The number of fused-ring (bicyclic) bond motifs is 1. The van der Waals surface area contributed by atoms with E-state index >= 15 is 0 Å². The molecule has 0 spiro atoms.